The van der Waals surface area contributed by atoms with Gasteiger partial charge in [-0.2, -0.15) is 0 Å². The fraction of sp³-hybridized carbons (Fsp3) is 0.625. The van der Waals surface area contributed by atoms with Gasteiger partial charge in [-0.3, -0.25) is 4.79 Å². The number of cyclic esters (lactones) is 1. The molecule has 1 unspecified atom stereocenters. The van der Waals surface area contributed by atoms with Crippen LogP contribution < -0.4 is 0 Å². The van der Waals surface area contributed by atoms with Gasteiger partial charge in [0.25, 0.3) is 0 Å². The minimum absolute atomic E-state index is 0.0416. The van der Waals surface area contributed by atoms with Gasteiger partial charge >= 0.3 is 5.97 Å². The SMILES string of the molecule is CCC=CC1CCOC1=O. The van der Waals surface area contributed by atoms with Crippen molar-refractivity contribution in [3.63, 3.8) is 0 Å². The maximum Gasteiger partial charge on any atom is 0.312 e. The van der Waals surface area contributed by atoms with Crippen molar-refractivity contribution in [3.05, 3.63) is 12.2 Å². The van der Waals surface area contributed by atoms with Crippen LogP contribution in [0.5, 0.6) is 0 Å². The van der Waals surface area contributed by atoms with E-state index in [1.54, 1.807) is 0 Å². The van der Waals surface area contributed by atoms with Crippen LogP contribution in [-0.4, -0.2) is 12.6 Å². The fourth-order valence-corrected chi connectivity index (χ4v) is 0.987. The Morgan fingerprint density at radius 1 is 1.80 bits per heavy atom. The monoisotopic (exact) mass is 140 g/mol. The third-order valence-electron chi connectivity index (χ3n) is 1.58. The Hall–Kier alpha value is -0.790. The zero-order chi connectivity index (χ0) is 7.40. The highest BCUT2D eigenvalue weighted by Crippen LogP contribution is 2.15. The van der Waals surface area contributed by atoms with Gasteiger partial charge in [0.15, 0.2) is 0 Å². The van der Waals surface area contributed by atoms with Crippen LogP contribution in [0.3, 0.4) is 0 Å². The van der Waals surface area contributed by atoms with Gasteiger partial charge in [0.2, 0.25) is 0 Å². The molecule has 56 valence electrons. The highest BCUT2D eigenvalue weighted by molar-refractivity contribution is 5.76. The summed E-state index contributed by atoms with van der Waals surface area (Å²) in [5.41, 5.74) is 0. The summed E-state index contributed by atoms with van der Waals surface area (Å²) in [4.78, 5) is 10.8. The second-order valence-electron chi connectivity index (χ2n) is 2.40. The Labute approximate surface area is 60.9 Å². The average Bonchev–Trinajstić information content (AvgIpc) is 2.31. The molecule has 1 atom stereocenters. The maximum atomic E-state index is 10.8. The van der Waals surface area contributed by atoms with E-state index in [0.717, 1.165) is 12.8 Å². The van der Waals surface area contributed by atoms with Crippen LogP contribution in [0.2, 0.25) is 0 Å². The minimum atomic E-state index is -0.0651. The van der Waals surface area contributed by atoms with Crippen molar-refractivity contribution in [2.75, 3.05) is 6.61 Å². The van der Waals surface area contributed by atoms with Crippen LogP contribution in [0.25, 0.3) is 0 Å². The van der Waals surface area contributed by atoms with E-state index >= 15 is 0 Å². The van der Waals surface area contributed by atoms with Crippen molar-refractivity contribution in [3.8, 4) is 0 Å². The molecule has 0 amide bonds. The van der Waals surface area contributed by atoms with Gasteiger partial charge in [-0.1, -0.05) is 19.1 Å². The maximum absolute atomic E-state index is 10.8. The zero-order valence-electron chi connectivity index (χ0n) is 6.17. The second-order valence-corrected chi connectivity index (χ2v) is 2.40. The van der Waals surface area contributed by atoms with E-state index in [0.29, 0.717) is 6.61 Å². The Morgan fingerprint density at radius 2 is 2.60 bits per heavy atom. The number of carbonyl (C=O) groups is 1. The number of hydrogen-bond acceptors (Lipinski definition) is 2. The first-order valence-corrected chi connectivity index (χ1v) is 3.68. The largest absolute Gasteiger partial charge is 0.465 e. The molecule has 0 aromatic rings. The second kappa shape index (κ2) is 3.40. The van der Waals surface area contributed by atoms with Crippen molar-refractivity contribution in [1.82, 2.24) is 0 Å². The van der Waals surface area contributed by atoms with E-state index in [9.17, 15) is 4.79 Å². The molecule has 0 bridgehead atoms. The smallest absolute Gasteiger partial charge is 0.312 e. The molecule has 2 heteroatoms. The molecule has 1 saturated heterocycles. The molecule has 1 fully saturated rings. The zero-order valence-corrected chi connectivity index (χ0v) is 6.17. The molecule has 1 heterocycles. The van der Waals surface area contributed by atoms with Crippen LogP contribution in [0.4, 0.5) is 0 Å². The van der Waals surface area contributed by atoms with E-state index in [2.05, 4.69) is 6.92 Å². The first kappa shape index (κ1) is 7.32. The Kier molecular flexibility index (Phi) is 2.49. The van der Waals surface area contributed by atoms with Gasteiger partial charge in [-0.15, -0.1) is 0 Å². The predicted octanol–water partition coefficient (Wildman–Crippen LogP) is 1.52. The summed E-state index contributed by atoms with van der Waals surface area (Å²) in [5.74, 6) is -0.0235. The summed E-state index contributed by atoms with van der Waals surface area (Å²) in [5, 5.41) is 0. The fourth-order valence-electron chi connectivity index (χ4n) is 0.987. The molecule has 1 aliphatic heterocycles. The van der Waals surface area contributed by atoms with Crippen LogP contribution in [0.15, 0.2) is 12.2 Å². The van der Waals surface area contributed by atoms with Gasteiger partial charge in [0.05, 0.1) is 12.5 Å². The summed E-state index contributed by atoms with van der Waals surface area (Å²) in [7, 11) is 0. The first-order chi connectivity index (χ1) is 4.84. The van der Waals surface area contributed by atoms with E-state index in [1.165, 1.54) is 0 Å². The molecule has 0 saturated carbocycles. The van der Waals surface area contributed by atoms with Crippen LogP contribution >= 0.6 is 0 Å². The van der Waals surface area contributed by atoms with Gasteiger partial charge < -0.3 is 4.74 Å². The van der Waals surface area contributed by atoms with Gasteiger partial charge in [0, 0.05) is 0 Å². The molecule has 0 aromatic heterocycles. The molecule has 0 N–H and O–H groups in total. The van der Waals surface area contributed by atoms with Crippen molar-refractivity contribution in [1.29, 1.82) is 0 Å². The number of esters is 1. The highest BCUT2D eigenvalue weighted by Gasteiger charge is 2.22. The van der Waals surface area contributed by atoms with Gasteiger partial charge in [-0.25, -0.2) is 0 Å². The van der Waals surface area contributed by atoms with Crippen molar-refractivity contribution in [2.24, 2.45) is 5.92 Å². The summed E-state index contributed by atoms with van der Waals surface area (Å²) in [6.45, 7) is 2.65. The molecule has 10 heavy (non-hydrogen) atoms. The van der Waals surface area contributed by atoms with Gasteiger partial charge in [0.1, 0.15) is 0 Å². The number of ether oxygens (including phenoxy) is 1. The summed E-state index contributed by atoms with van der Waals surface area (Å²) in [6, 6.07) is 0. The predicted molar refractivity (Wildman–Crippen MR) is 38.5 cm³/mol. The van der Waals surface area contributed by atoms with Crippen LogP contribution in [-0.2, 0) is 9.53 Å². The number of rotatable bonds is 2. The first-order valence-electron chi connectivity index (χ1n) is 3.68. The molecular formula is C8H12O2. The van der Waals surface area contributed by atoms with Crippen molar-refractivity contribution in [2.45, 2.75) is 19.8 Å². The molecule has 2 nitrogen and oxygen atoms in total. The normalized spacial score (nSPS) is 25.7. The van der Waals surface area contributed by atoms with Crippen LogP contribution in [0.1, 0.15) is 19.8 Å². The Balaban J connectivity index is 2.40. The van der Waals surface area contributed by atoms with Crippen molar-refractivity contribution >= 4 is 5.97 Å². The van der Waals surface area contributed by atoms with Crippen molar-refractivity contribution < 1.29 is 9.53 Å². The number of carbonyl (C=O) groups excluding carboxylic acids is 1. The standard InChI is InChI=1S/C8H12O2/c1-2-3-4-7-5-6-10-8(7)9/h3-4,7H,2,5-6H2,1H3. The van der Waals surface area contributed by atoms with E-state index in [4.69, 9.17) is 4.74 Å². The molecule has 1 rings (SSSR count). The number of allylic oxidation sites excluding steroid dienone is 1. The highest BCUT2D eigenvalue weighted by atomic mass is 16.5. The molecule has 0 aliphatic carbocycles. The summed E-state index contributed by atoms with van der Waals surface area (Å²) in [6.07, 6.45) is 5.80. The summed E-state index contributed by atoms with van der Waals surface area (Å²) >= 11 is 0. The molecular weight excluding hydrogens is 128 g/mol. The quantitative estimate of drug-likeness (QED) is 0.429. The topological polar surface area (TPSA) is 26.3 Å². The van der Waals surface area contributed by atoms with E-state index < -0.39 is 0 Å². The molecule has 1 aliphatic rings. The number of hydrogen-bond donors (Lipinski definition) is 0. The summed E-state index contributed by atoms with van der Waals surface area (Å²) < 4.78 is 4.77. The Morgan fingerprint density at radius 3 is 3.10 bits per heavy atom. The van der Waals surface area contributed by atoms with Gasteiger partial charge in [-0.05, 0) is 12.8 Å². The van der Waals surface area contributed by atoms with E-state index in [-0.39, 0.29) is 11.9 Å². The molecule has 0 aromatic carbocycles. The lowest BCUT2D eigenvalue weighted by atomic mass is 10.1. The van der Waals surface area contributed by atoms with Crippen LogP contribution in [0, 0.1) is 5.92 Å². The minimum Gasteiger partial charge on any atom is -0.465 e. The lowest BCUT2D eigenvalue weighted by Crippen LogP contribution is -2.03. The Bertz CT molecular complexity index is 149. The lowest BCUT2D eigenvalue weighted by Gasteiger charge is -1.93. The molecule has 0 radical (unpaired) electrons. The average molecular weight is 140 g/mol. The van der Waals surface area contributed by atoms with E-state index in [1.807, 2.05) is 12.2 Å². The third kappa shape index (κ3) is 1.59. The molecule has 0 spiro atoms. The third-order valence-corrected chi connectivity index (χ3v) is 1.58. The lowest BCUT2D eigenvalue weighted by molar-refractivity contribution is -0.140.